The monoisotopic (exact) mass is 201 g/mol. The molecule has 0 spiro atoms. The summed E-state index contributed by atoms with van der Waals surface area (Å²) in [6.07, 6.45) is -0.577. The number of aliphatic hydroxyl groups is 1. The summed E-state index contributed by atoms with van der Waals surface area (Å²) in [5, 5.41) is 18.1. The second-order valence-corrected chi connectivity index (χ2v) is 3.89. The fraction of sp³-hybridized carbons (Fsp3) is 0.778. The lowest BCUT2D eigenvalue weighted by Crippen LogP contribution is -2.42. The van der Waals surface area contributed by atoms with Crippen molar-refractivity contribution < 1.29 is 19.8 Å². The van der Waals surface area contributed by atoms with Crippen LogP contribution in [-0.2, 0) is 9.59 Å². The number of aliphatic hydroxyl groups excluding tert-OH is 1. The van der Waals surface area contributed by atoms with Crippen LogP contribution in [0.5, 0.6) is 0 Å². The van der Waals surface area contributed by atoms with E-state index >= 15 is 0 Å². The van der Waals surface area contributed by atoms with Crippen LogP contribution in [0.15, 0.2) is 0 Å². The van der Waals surface area contributed by atoms with Crippen molar-refractivity contribution in [3.05, 3.63) is 0 Å². The van der Waals surface area contributed by atoms with Crippen LogP contribution in [0.4, 0.5) is 0 Å². The standard InChI is InChI=1S/C9H15NO4/c1-5(2)8(12)10-4-6(11)3-7(10)9(13)14/h5-7,11H,3-4H2,1-2H3,(H,13,14)/t6-,7-/m1/s1. The van der Waals surface area contributed by atoms with Crippen molar-refractivity contribution in [1.82, 2.24) is 4.90 Å². The van der Waals surface area contributed by atoms with Gasteiger partial charge >= 0.3 is 5.97 Å². The minimum atomic E-state index is -1.05. The minimum Gasteiger partial charge on any atom is -0.480 e. The normalized spacial score (nSPS) is 27.0. The lowest BCUT2D eigenvalue weighted by Gasteiger charge is -2.22. The SMILES string of the molecule is CC(C)C(=O)N1C[C@H](O)C[C@@H]1C(=O)O. The van der Waals surface area contributed by atoms with Crippen LogP contribution in [-0.4, -0.2) is 45.7 Å². The van der Waals surface area contributed by atoms with Crippen molar-refractivity contribution in [2.45, 2.75) is 32.4 Å². The van der Waals surface area contributed by atoms with E-state index in [1.54, 1.807) is 13.8 Å². The summed E-state index contributed by atoms with van der Waals surface area (Å²) in [7, 11) is 0. The van der Waals surface area contributed by atoms with Crippen molar-refractivity contribution in [3.8, 4) is 0 Å². The molecule has 1 aliphatic heterocycles. The molecule has 0 radical (unpaired) electrons. The van der Waals surface area contributed by atoms with Gasteiger partial charge in [-0.15, -0.1) is 0 Å². The Labute approximate surface area is 82.3 Å². The van der Waals surface area contributed by atoms with Gasteiger partial charge in [0, 0.05) is 18.9 Å². The molecule has 5 nitrogen and oxygen atoms in total. The van der Waals surface area contributed by atoms with Crippen molar-refractivity contribution in [1.29, 1.82) is 0 Å². The molecule has 1 aliphatic rings. The number of hydrogen-bond donors (Lipinski definition) is 2. The van der Waals surface area contributed by atoms with Gasteiger partial charge in [-0.25, -0.2) is 4.79 Å². The summed E-state index contributed by atoms with van der Waals surface area (Å²) in [6, 6.07) is -0.861. The number of carboxylic acid groups (broad SMARTS) is 1. The number of amides is 1. The third-order valence-corrected chi connectivity index (χ3v) is 2.34. The molecule has 2 atom stereocenters. The average molecular weight is 201 g/mol. The van der Waals surface area contributed by atoms with E-state index in [0.717, 1.165) is 0 Å². The minimum absolute atomic E-state index is 0.133. The first-order valence-electron chi connectivity index (χ1n) is 4.64. The van der Waals surface area contributed by atoms with Gasteiger partial charge in [0.25, 0.3) is 0 Å². The molecule has 1 heterocycles. The number of carbonyl (C=O) groups excluding carboxylic acids is 1. The summed E-state index contributed by atoms with van der Waals surface area (Å²) >= 11 is 0. The first kappa shape index (κ1) is 11.0. The fourth-order valence-electron chi connectivity index (χ4n) is 1.62. The van der Waals surface area contributed by atoms with Gasteiger partial charge in [0.05, 0.1) is 6.10 Å². The van der Waals surface area contributed by atoms with E-state index in [1.165, 1.54) is 4.90 Å². The Kier molecular flexibility index (Phi) is 3.10. The Balaban J connectivity index is 2.76. The molecule has 0 bridgehead atoms. The molecule has 1 amide bonds. The van der Waals surface area contributed by atoms with Crippen LogP contribution >= 0.6 is 0 Å². The molecule has 1 fully saturated rings. The largest absolute Gasteiger partial charge is 0.480 e. The van der Waals surface area contributed by atoms with Crippen molar-refractivity contribution in [2.75, 3.05) is 6.54 Å². The zero-order valence-electron chi connectivity index (χ0n) is 8.30. The highest BCUT2D eigenvalue weighted by Crippen LogP contribution is 2.20. The number of likely N-dealkylation sites (tertiary alicyclic amines) is 1. The lowest BCUT2D eigenvalue weighted by molar-refractivity contribution is -0.149. The lowest BCUT2D eigenvalue weighted by atomic mass is 10.1. The van der Waals surface area contributed by atoms with E-state index in [9.17, 15) is 14.7 Å². The molecule has 80 valence electrons. The highest BCUT2D eigenvalue weighted by Gasteiger charge is 2.39. The first-order valence-corrected chi connectivity index (χ1v) is 4.64. The first-order chi connectivity index (χ1) is 6.43. The summed E-state index contributed by atoms with van der Waals surface area (Å²) < 4.78 is 0. The Morgan fingerprint density at radius 3 is 2.43 bits per heavy atom. The molecule has 0 aromatic carbocycles. The predicted molar refractivity (Wildman–Crippen MR) is 48.6 cm³/mol. The van der Waals surface area contributed by atoms with Crippen LogP contribution < -0.4 is 0 Å². The smallest absolute Gasteiger partial charge is 0.326 e. The third-order valence-electron chi connectivity index (χ3n) is 2.34. The highest BCUT2D eigenvalue weighted by atomic mass is 16.4. The third kappa shape index (κ3) is 2.04. The number of carbonyl (C=O) groups is 2. The van der Waals surface area contributed by atoms with Gasteiger partial charge in [-0.2, -0.15) is 0 Å². The number of rotatable bonds is 2. The molecular weight excluding hydrogens is 186 g/mol. The Morgan fingerprint density at radius 2 is 2.00 bits per heavy atom. The van der Waals surface area contributed by atoms with Gasteiger partial charge in [0.15, 0.2) is 0 Å². The number of nitrogens with zero attached hydrogens (tertiary/aromatic N) is 1. The Morgan fingerprint density at radius 1 is 1.43 bits per heavy atom. The fourth-order valence-corrected chi connectivity index (χ4v) is 1.62. The zero-order valence-corrected chi connectivity index (χ0v) is 8.30. The summed E-state index contributed by atoms with van der Waals surface area (Å²) in [6.45, 7) is 3.56. The molecule has 5 heteroatoms. The molecule has 14 heavy (non-hydrogen) atoms. The highest BCUT2D eigenvalue weighted by molar-refractivity contribution is 5.85. The molecule has 2 N–H and O–H groups in total. The molecule has 0 saturated carbocycles. The second-order valence-electron chi connectivity index (χ2n) is 3.89. The molecule has 0 unspecified atom stereocenters. The van der Waals surface area contributed by atoms with Gasteiger partial charge in [-0.1, -0.05) is 13.8 Å². The number of hydrogen-bond acceptors (Lipinski definition) is 3. The predicted octanol–water partition coefficient (Wildman–Crippen LogP) is -0.311. The van der Waals surface area contributed by atoms with Crippen molar-refractivity contribution in [2.24, 2.45) is 5.92 Å². The van der Waals surface area contributed by atoms with Crippen LogP contribution in [0.3, 0.4) is 0 Å². The molecule has 0 aliphatic carbocycles. The summed E-state index contributed by atoms with van der Waals surface area (Å²) in [5.74, 6) is -1.49. The molecule has 1 saturated heterocycles. The topological polar surface area (TPSA) is 77.8 Å². The summed E-state index contributed by atoms with van der Waals surface area (Å²) in [5.41, 5.74) is 0. The summed E-state index contributed by atoms with van der Waals surface area (Å²) in [4.78, 5) is 23.6. The molecule has 0 aromatic rings. The molecule has 1 rings (SSSR count). The van der Waals surface area contributed by atoms with Crippen molar-refractivity contribution in [3.63, 3.8) is 0 Å². The van der Waals surface area contributed by atoms with Gasteiger partial charge in [0.2, 0.25) is 5.91 Å². The molecule has 0 aromatic heterocycles. The number of β-amino-alcohol motifs (C(OH)–C–C–N with tert-alkyl or cyclic N) is 1. The van der Waals surface area contributed by atoms with Crippen LogP contribution in [0.1, 0.15) is 20.3 Å². The van der Waals surface area contributed by atoms with E-state index in [-0.39, 0.29) is 24.8 Å². The van der Waals surface area contributed by atoms with Gasteiger partial charge in [-0.05, 0) is 0 Å². The number of aliphatic carboxylic acids is 1. The van der Waals surface area contributed by atoms with Crippen molar-refractivity contribution >= 4 is 11.9 Å². The maximum atomic E-state index is 11.6. The van der Waals surface area contributed by atoms with E-state index < -0.39 is 18.1 Å². The zero-order chi connectivity index (χ0) is 10.9. The van der Waals surface area contributed by atoms with E-state index in [2.05, 4.69) is 0 Å². The van der Waals surface area contributed by atoms with Crippen LogP contribution in [0.2, 0.25) is 0 Å². The van der Waals surface area contributed by atoms with Gasteiger partial charge < -0.3 is 15.1 Å². The molecular formula is C9H15NO4. The van der Waals surface area contributed by atoms with E-state index in [4.69, 9.17) is 5.11 Å². The Bertz CT molecular complexity index is 251. The van der Waals surface area contributed by atoms with E-state index in [1.807, 2.05) is 0 Å². The van der Waals surface area contributed by atoms with Crippen LogP contribution in [0, 0.1) is 5.92 Å². The van der Waals surface area contributed by atoms with E-state index in [0.29, 0.717) is 0 Å². The second kappa shape index (κ2) is 3.96. The number of carboxylic acids is 1. The van der Waals surface area contributed by atoms with Gasteiger partial charge in [0.1, 0.15) is 6.04 Å². The van der Waals surface area contributed by atoms with Gasteiger partial charge in [-0.3, -0.25) is 4.79 Å². The quantitative estimate of drug-likeness (QED) is 0.642. The maximum Gasteiger partial charge on any atom is 0.326 e. The van der Waals surface area contributed by atoms with Crippen LogP contribution in [0.25, 0.3) is 0 Å². The average Bonchev–Trinajstić information content (AvgIpc) is 2.45. The Hall–Kier alpha value is -1.10. The maximum absolute atomic E-state index is 11.6.